The van der Waals surface area contributed by atoms with Gasteiger partial charge in [0.2, 0.25) is 0 Å². The van der Waals surface area contributed by atoms with E-state index in [-0.39, 0.29) is 31.6 Å². The Bertz CT molecular complexity index is 1210. The molecule has 0 rings (SSSR count). The van der Waals surface area contributed by atoms with E-state index in [4.69, 9.17) is 14.2 Å². The Morgan fingerprint density at radius 3 is 0.922 bits per heavy atom. The van der Waals surface area contributed by atoms with Crippen molar-refractivity contribution in [1.82, 2.24) is 0 Å². The zero-order valence-corrected chi connectivity index (χ0v) is 42.0. The normalized spacial score (nSPS) is 12.6. The summed E-state index contributed by atoms with van der Waals surface area (Å²) in [5, 5.41) is 0. The van der Waals surface area contributed by atoms with E-state index >= 15 is 0 Å². The highest BCUT2D eigenvalue weighted by molar-refractivity contribution is 5.71. The first-order valence-corrected chi connectivity index (χ1v) is 26.9. The summed E-state index contributed by atoms with van der Waals surface area (Å²) in [5.74, 6) is -0.989. The first-order valence-electron chi connectivity index (χ1n) is 26.9. The van der Waals surface area contributed by atoms with Gasteiger partial charge in [0, 0.05) is 19.3 Å². The van der Waals surface area contributed by atoms with E-state index in [0.29, 0.717) is 19.3 Å². The number of hydrogen-bond acceptors (Lipinski definition) is 6. The molecule has 1 atom stereocenters. The predicted octanol–water partition coefficient (Wildman–Crippen LogP) is 17.8. The summed E-state index contributed by atoms with van der Waals surface area (Å²) in [6.07, 6.45) is 66.4. The van der Waals surface area contributed by atoms with Crippen LogP contribution in [0.15, 0.2) is 72.9 Å². The third-order valence-corrected chi connectivity index (χ3v) is 11.5. The van der Waals surface area contributed by atoms with Crippen molar-refractivity contribution in [2.45, 2.75) is 264 Å². The number of rotatable bonds is 48. The van der Waals surface area contributed by atoms with E-state index in [1.165, 1.54) is 135 Å². The van der Waals surface area contributed by atoms with E-state index in [2.05, 4.69) is 81.5 Å². The fourth-order valence-electron chi connectivity index (χ4n) is 7.47. The van der Waals surface area contributed by atoms with Crippen LogP contribution in [0.2, 0.25) is 0 Å². The van der Waals surface area contributed by atoms with Crippen LogP contribution in [-0.4, -0.2) is 37.2 Å². The Morgan fingerprint density at radius 2 is 0.609 bits per heavy atom. The molecule has 0 aromatic carbocycles. The fraction of sp³-hybridized carbons (Fsp3) is 0.741. The maximum atomic E-state index is 12.7. The molecule has 0 saturated carbocycles. The van der Waals surface area contributed by atoms with Crippen LogP contribution >= 0.6 is 0 Å². The Kier molecular flexibility index (Phi) is 49.9. The average Bonchev–Trinajstić information content (AvgIpc) is 3.29. The molecule has 0 aliphatic carbocycles. The molecule has 0 aliphatic rings. The second-order valence-electron chi connectivity index (χ2n) is 17.8. The highest BCUT2D eigenvalue weighted by Gasteiger charge is 2.19. The van der Waals surface area contributed by atoms with Crippen molar-refractivity contribution < 1.29 is 28.6 Å². The number of ether oxygens (including phenoxy) is 3. The van der Waals surface area contributed by atoms with Crippen LogP contribution in [0.1, 0.15) is 258 Å². The minimum absolute atomic E-state index is 0.103. The largest absolute Gasteiger partial charge is 0.462 e. The van der Waals surface area contributed by atoms with E-state index in [9.17, 15) is 14.4 Å². The van der Waals surface area contributed by atoms with Gasteiger partial charge < -0.3 is 14.2 Å². The summed E-state index contributed by atoms with van der Waals surface area (Å²) < 4.78 is 16.7. The van der Waals surface area contributed by atoms with Gasteiger partial charge in [-0.25, -0.2) is 0 Å². The summed E-state index contributed by atoms with van der Waals surface area (Å²) in [6.45, 7) is 6.43. The van der Waals surface area contributed by atoms with Gasteiger partial charge in [0.15, 0.2) is 6.10 Å². The zero-order valence-electron chi connectivity index (χ0n) is 42.0. The molecule has 0 saturated heterocycles. The van der Waals surface area contributed by atoms with Crippen LogP contribution in [0.3, 0.4) is 0 Å². The van der Waals surface area contributed by atoms with Crippen molar-refractivity contribution in [3.8, 4) is 0 Å². The first kappa shape index (κ1) is 60.9. The van der Waals surface area contributed by atoms with Crippen LogP contribution in [0.4, 0.5) is 0 Å². The van der Waals surface area contributed by atoms with Gasteiger partial charge in [-0.05, 0) is 57.8 Å². The molecule has 0 radical (unpaired) electrons. The molecule has 0 N–H and O–H groups in total. The molecular weight excluding hydrogens is 793 g/mol. The van der Waals surface area contributed by atoms with Crippen molar-refractivity contribution in [1.29, 1.82) is 0 Å². The number of hydrogen-bond donors (Lipinski definition) is 0. The average molecular weight is 893 g/mol. The molecule has 0 aliphatic heterocycles. The second-order valence-corrected chi connectivity index (χ2v) is 17.8. The van der Waals surface area contributed by atoms with Crippen molar-refractivity contribution in [2.24, 2.45) is 0 Å². The SMILES string of the molecule is CC/C=C\C/C=C\C/C=C\C/C=C\C/C=C\C/C=C\CCC(=O)OC(COC(=O)CCCCCCCCC)COC(=O)CCCCCCCCCCCCCCCCCCCCCC. The summed E-state index contributed by atoms with van der Waals surface area (Å²) >= 11 is 0. The van der Waals surface area contributed by atoms with E-state index in [1.807, 2.05) is 12.2 Å². The third kappa shape index (κ3) is 49.9. The maximum absolute atomic E-state index is 12.7. The molecule has 0 aromatic heterocycles. The molecule has 0 amide bonds. The van der Waals surface area contributed by atoms with Crippen LogP contribution in [-0.2, 0) is 28.6 Å². The standard InChI is InChI=1S/C58H100O6/c1-4-7-10-13-16-18-20-22-24-26-28-30-31-33-35-37-39-42-45-48-51-57(60)63-54-55(53-62-56(59)50-47-44-41-15-12-9-6-3)64-58(61)52-49-46-43-40-38-36-34-32-29-27-25-23-21-19-17-14-11-8-5-2/h8,11,17,19,23,25,29,32,36,38,43,46,55H,4-7,9-10,12-16,18,20-22,24,26-28,30-31,33-35,37,39-42,44-45,47-54H2,1-3H3/b11-8-,19-17-,25-23-,32-29-,38-36-,46-43-. The number of allylic oxidation sites excluding steroid dienone is 12. The lowest BCUT2D eigenvalue weighted by atomic mass is 10.0. The van der Waals surface area contributed by atoms with Crippen LogP contribution < -0.4 is 0 Å². The van der Waals surface area contributed by atoms with Crippen molar-refractivity contribution in [3.63, 3.8) is 0 Å². The molecule has 64 heavy (non-hydrogen) atoms. The van der Waals surface area contributed by atoms with Gasteiger partial charge in [0.25, 0.3) is 0 Å². The second kappa shape index (κ2) is 52.5. The Hall–Kier alpha value is -3.15. The lowest BCUT2D eigenvalue weighted by molar-refractivity contribution is -0.166. The van der Waals surface area contributed by atoms with Crippen molar-refractivity contribution in [2.75, 3.05) is 13.2 Å². The van der Waals surface area contributed by atoms with Gasteiger partial charge in [-0.1, -0.05) is 254 Å². The van der Waals surface area contributed by atoms with Gasteiger partial charge in [0.1, 0.15) is 13.2 Å². The Morgan fingerprint density at radius 1 is 0.328 bits per heavy atom. The fourth-order valence-corrected chi connectivity index (χ4v) is 7.47. The molecule has 6 nitrogen and oxygen atoms in total. The molecule has 6 heteroatoms. The van der Waals surface area contributed by atoms with E-state index < -0.39 is 12.1 Å². The molecule has 0 spiro atoms. The Labute approximate surface area is 395 Å². The molecule has 0 fully saturated rings. The van der Waals surface area contributed by atoms with Crippen molar-refractivity contribution >= 4 is 17.9 Å². The molecule has 0 aromatic rings. The predicted molar refractivity (Wildman–Crippen MR) is 274 cm³/mol. The highest BCUT2D eigenvalue weighted by Crippen LogP contribution is 2.16. The summed E-state index contributed by atoms with van der Waals surface area (Å²) in [5.41, 5.74) is 0. The van der Waals surface area contributed by atoms with Crippen LogP contribution in [0, 0.1) is 0 Å². The molecule has 368 valence electrons. The van der Waals surface area contributed by atoms with Gasteiger partial charge in [-0.2, -0.15) is 0 Å². The molecular formula is C58H100O6. The van der Waals surface area contributed by atoms with Gasteiger partial charge >= 0.3 is 17.9 Å². The molecule has 0 heterocycles. The number of carbonyl (C=O) groups is 3. The summed E-state index contributed by atoms with van der Waals surface area (Å²) in [7, 11) is 0. The molecule has 0 bridgehead atoms. The van der Waals surface area contributed by atoms with Crippen LogP contribution in [0.25, 0.3) is 0 Å². The Balaban J connectivity index is 4.32. The number of carbonyl (C=O) groups excluding carboxylic acids is 3. The monoisotopic (exact) mass is 893 g/mol. The minimum Gasteiger partial charge on any atom is -0.462 e. The lowest BCUT2D eigenvalue weighted by Crippen LogP contribution is -2.30. The highest BCUT2D eigenvalue weighted by atomic mass is 16.6. The zero-order chi connectivity index (χ0) is 46.5. The summed E-state index contributed by atoms with van der Waals surface area (Å²) in [6, 6.07) is 0. The van der Waals surface area contributed by atoms with Gasteiger partial charge in [-0.3, -0.25) is 14.4 Å². The molecule has 1 unspecified atom stereocenters. The van der Waals surface area contributed by atoms with Gasteiger partial charge in [-0.15, -0.1) is 0 Å². The van der Waals surface area contributed by atoms with Gasteiger partial charge in [0.05, 0.1) is 0 Å². The smallest absolute Gasteiger partial charge is 0.306 e. The minimum atomic E-state index is -0.811. The maximum Gasteiger partial charge on any atom is 0.306 e. The summed E-state index contributed by atoms with van der Waals surface area (Å²) in [4.78, 5) is 37.8. The topological polar surface area (TPSA) is 78.9 Å². The van der Waals surface area contributed by atoms with E-state index in [0.717, 1.165) is 77.0 Å². The first-order chi connectivity index (χ1) is 31.5. The van der Waals surface area contributed by atoms with E-state index in [1.54, 1.807) is 0 Å². The lowest BCUT2D eigenvalue weighted by Gasteiger charge is -2.18. The number of esters is 3. The third-order valence-electron chi connectivity index (χ3n) is 11.5. The quantitative estimate of drug-likeness (QED) is 0.0262. The number of unbranched alkanes of at least 4 members (excludes halogenated alkanes) is 25. The van der Waals surface area contributed by atoms with Crippen LogP contribution in [0.5, 0.6) is 0 Å². The van der Waals surface area contributed by atoms with Crippen molar-refractivity contribution in [3.05, 3.63) is 72.9 Å².